The van der Waals surface area contributed by atoms with Crippen LogP contribution in [0.1, 0.15) is 32.6 Å². The van der Waals surface area contributed by atoms with Crippen LogP contribution in [-0.4, -0.2) is 18.0 Å². The third-order valence-electron chi connectivity index (χ3n) is 3.50. The fraction of sp³-hybridized carbons (Fsp3) is 0.500. The number of rotatable bonds is 4. The van der Waals surface area contributed by atoms with Crippen LogP contribution in [0.3, 0.4) is 0 Å². The van der Waals surface area contributed by atoms with Crippen LogP contribution >= 0.6 is 39.1 Å². The Morgan fingerprint density at radius 1 is 1.30 bits per heavy atom. The first-order valence-electron chi connectivity index (χ1n) is 6.69. The average Bonchev–Trinajstić information content (AvgIpc) is 2.92. The summed E-state index contributed by atoms with van der Waals surface area (Å²) in [5.74, 6) is -0.00740. The highest BCUT2D eigenvalue weighted by Gasteiger charge is 2.21. The summed E-state index contributed by atoms with van der Waals surface area (Å²) < 4.78 is 0.734. The van der Waals surface area contributed by atoms with E-state index in [-0.39, 0.29) is 11.9 Å². The lowest BCUT2D eigenvalue weighted by molar-refractivity contribution is -0.122. The van der Waals surface area contributed by atoms with Gasteiger partial charge in [-0.2, -0.15) is 0 Å². The molecule has 20 heavy (non-hydrogen) atoms. The van der Waals surface area contributed by atoms with E-state index in [0.29, 0.717) is 21.8 Å². The Kier molecular flexibility index (Phi) is 5.58. The molecule has 0 radical (unpaired) electrons. The fourth-order valence-corrected chi connectivity index (χ4v) is 3.16. The van der Waals surface area contributed by atoms with Crippen LogP contribution in [0, 0.1) is 0 Å². The van der Waals surface area contributed by atoms with Gasteiger partial charge in [0.05, 0.1) is 15.7 Å². The highest BCUT2D eigenvalue weighted by Crippen LogP contribution is 2.36. The first kappa shape index (κ1) is 15.9. The SMILES string of the molecule is CC(Nc1ccc(Br)c(Cl)c1Cl)C(=O)NC1CCCC1. The van der Waals surface area contributed by atoms with Gasteiger partial charge in [-0.1, -0.05) is 36.0 Å². The summed E-state index contributed by atoms with van der Waals surface area (Å²) in [6.07, 6.45) is 4.54. The van der Waals surface area contributed by atoms with Crippen LogP contribution in [0.4, 0.5) is 5.69 Å². The maximum Gasteiger partial charge on any atom is 0.242 e. The van der Waals surface area contributed by atoms with E-state index in [4.69, 9.17) is 23.2 Å². The molecule has 2 rings (SSSR count). The van der Waals surface area contributed by atoms with Crippen LogP contribution in [-0.2, 0) is 4.79 Å². The smallest absolute Gasteiger partial charge is 0.242 e. The lowest BCUT2D eigenvalue weighted by Gasteiger charge is -2.19. The number of amides is 1. The molecular formula is C14H17BrCl2N2O. The van der Waals surface area contributed by atoms with Gasteiger partial charge in [0.1, 0.15) is 6.04 Å². The maximum atomic E-state index is 12.1. The van der Waals surface area contributed by atoms with Crippen molar-refractivity contribution in [2.45, 2.75) is 44.7 Å². The van der Waals surface area contributed by atoms with Crippen molar-refractivity contribution in [3.05, 3.63) is 26.7 Å². The molecule has 0 aliphatic heterocycles. The summed E-state index contributed by atoms with van der Waals surface area (Å²) in [7, 11) is 0. The molecule has 2 N–H and O–H groups in total. The summed E-state index contributed by atoms with van der Waals surface area (Å²) in [5, 5.41) is 7.02. The van der Waals surface area contributed by atoms with E-state index >= 15 is 0 Å². The van der Waals surface area contributed by atoms with Gasteiger partial charge < -0.3 is 10.6 Å². The minimum absolute atomic E-state index is 0.00740. The second kappa shape index (κ2) is 7.01. The van der Waals surface area contributed by atoms with E-state index in [1.807, 2.05) is 6.92 Å². The molecule has 1 fully saturated rings. The molecule has 0 bridgehead atoms. The van der Waals surface area contributed by atoms with E-state index in [1.54, 1.807) is 12.1 Å². The predicted molar refractivity (Wildman–Crippen MR) is 87.6 cm³/mol. The van der Waals surface area contributed by atoms with Crippen LogP contribution in [0.2, 0.25) is 10.0 Å². The van der Waals surface area contributed by atoms with E-state index in [1.165, 1.54) is 12.8 Å². The van der Waals surface area contributed by atoms with Gasteiger partial charge >= 0.3 is 0 Å². The number of carbonyl (C=O) groups excluding carboxylic acids is 1. The van der Waals surface area contributed by atoms with Crippen molar-refractivity contribution >= 4 is 50.7 Å². The van der Waals surface area contributed by atoms with Crippen LogP contribution in [0.25, 0.3) is 0 Å². The Morgan fingerprint density at radius 2 is 1.95 bits per heavy atom. The van der Waals surface area contributed by atoms with E-state index in [0.717, 1.165) is 17.3 Å². The molecule has 110 valence electrons. The molecule has 0 saturated heterocycles. The number of nitrogens with one attached hydrogen (secondary N) is 2. The molecular weight excluding hydrogens is 363 g/mol. The maximum absolute atomic E-state index is 12.1. The van der Waals surface area contributed by atoms with Crippen LogP contribution in [0.5, 0.6) is 0 Å². The number of halogens is 3. The molecule has 6 heteroatoms. The molecule has 1 atom stereocenters. The van der Waals surface area contributed by atoms with Crippen molar-refractivity contribution in [2.24, 2.45) is 0 Å². The van der Waals surface area contributed by atoms with Gasteiger partial charge in [0.25, 0.3) is 0 Å². The Labute approximate surface area is 137 Å². The van der Waals surface area contributed by atoms with Gasteiger partial charge in [-0.05, 0) is 47.8 Å². The second-order valence-electron chi connectivity index (χ2n) is 5.08. The number of benzene rings is 1. The monoisotopic (exact) mass is 378 g/mol. The normalized spacial score (nSPS) is 17.0. The number of anilines is 1. The van der Waals surface area contributed by atoms with Crippen molar-refractivity contribution in [2.75, 3.05) is 5.32 Å². The Bertz CT molecular complexity index is 504. The lowest BCUT2D eigenvalue weighted by Crippen LogP contribution is -2.42. The minimum atomic E-state index is -0.356. The largest absolute Gasteiger partial charge is 0.373 e. The zero-order chi connectivity index (χ0) is 14.7. The quantitative estimate of drug-likeness (QED) is 0.749. The van der Waals surface area contributed by atoms with Crippen molar-refractivity contribution in [1.29, 1.82) is 0 Å². The highest BCUT2D eigenvalue weighted by molar-refractivity contribution is 9.10. The van der Waals surface area contributed by atoms with E-state index < -0.39 is 0 Å². The van der Waals surface area contributed by atoms with Gasteiger partial charge in [0.15, 0.2) is 0 Å². The molecule has 1 aromatic rings. The topological polar surface area (TPSA) is 41.1 Å². The Morgan fingerprint density at radius 3 is 2.60 bits per heavy atom. The summed E-state index contributed by atoms with van der Waals surface area (Å²) in [6.45, 7) is 1.82. The second-order valence-corrected chi connectivity index (χ2v) is 6.69. The van der Waals surface area contributed by atoms with E-state index in [9.17, 15) is 4.79 Å². The zero-order valence-corrected chi connectivity index (χ0v) is 14.3. The third kappa shape index (κ3) is 3.80. The summed E-state index contributed by atoms with van der Waals surface area (Å²) in [6, 6.07) is 3.57. The van der Waals surface area contributed by atoms with Gasteiger partial charge in [-0.25, -0.2) is 0 Å². The molecule has 1 saturated carbocycles. The Balaban J connectivity index is 1.98. The average molecular weight is 380 g/mol. The first-order chi connectivity index (χ1) is 9.49. The molecule has 1 unspecified atom stereocenters. The molecule has 0 heterocycles. The number of hydrogen-bond acceptors (Lipinski definition) is 2. The zero-order valence-electron chi connectivity index (χ0n) is 11.2. The van der Waals surface area contributed by atoms with Crippen molar-refractivity contribution in [3.63, 3.8) is 0 Å². The van der Waals surface area contributed by atoms with Gasteiger partial charge in [-0.15, -0.1) is 0 Å². The van der Waals surface area contributed by atoms with Crippen LogP contribution < -0.4 is 10.6 Å². The minimum Gasteiger partial charge on any atom is -0.373 e. The van der Waals surface area contributed by atoms with Crippen molar-refractivity contribution < 1.29 is 4.79 Å². The summed E-state index contributed by atoms with van der Waals surface area (Å²) >= 11 is 15.5. The lowest BCUT2D eigenvalue weighted by atomic mass is 10.2. The predicted octanol–water partition coefficient (Wildman–Crippen LogP) is 4.62. The molecule has 1 aromatic carbocycles. The standard InChI is InChI=1S/C14H17BrCl2N2O/c1-8(14(20)19-9-4-2-3-5-9)18-11-7-6-10(15)12(16)13(11)17/h6-9,18H,2-5H2,1H3,(H,19,20). The van der Waals surface area contributed by atoms with Gasteiger partial charge in [-0.3, -0.25) is 4.79 Å². The van der Waals surface area contributed by atoms with Gasteiger partial charge in [0.2, 0.25) is 5.91 Å². The van der Waals surface area contributed by atoms with Gasteiger partial charge in [0, 0.05) is 10.5 Å². The molecule has 1 aliphatic carbocycles. The first-order valence-corrected chi connectivity index (χ1v) is 8.24. The van der Waals surface area contributed by atoms with Crippen molar-refractivity contribution in [3.8, 4) is 0 Å². The van der Waals surface area contributed by atoms with Crippen LogP contribution in [0.15, 0.2) is 16.6 Å². The Hall–Kier alpha value is -0.450. The summed E-state index contributed by atoms with van der Waals surface area (Å²) in [4.78, 5) is 12.1. The molecule has 0 aromatic heterocycles. The number of hydrogen-bond donors (Lipinski definition) is 2. The number of carbonyl (C=O) groups is 1. The molecule has 3 nitrogen and oxygen atoms in total. The molecule has 1 aliphatic rings. The summed E-state index contributed by atoms with van der Waals surface area (Å²) in [5.41, 5.74) is 0.661. The van der Waals surface area contributed by atoms with E-state index in [2.05, 4.69) is 26.6 Å². The van der Waals surface area contributed by atoms with Crippen molar-refractivity contribution in [1.82, 2.24) is 5.32 Å². The third-order valence-corrected chi connectivity index (χ3v) is 5.27. The fourth-order valence-electron chi connectivity index (χ4n) is 2.33. The molecule has 0 spiro atoms. The molecule has 1 amide bonds. The highest BCUT2D eigenvalue weighted by atomic mass is 79.9.